The highest BCUT2D eigenvalue weighted by molar-refractivity contribution is 7.51. The maximum atomic E-state index is 10.7. The van der Waals surface area contributed by atoms with Crippen molar-refractivity contribution in [2.24, 2.45) is 0 Å². The Kier molecular flexibility index (Phi) is 9.14. The molecule has 23 heavy (non-hydrogen) atoms. The Morgan fingerprint density at radius 3 is 2.09 bits per heavy atom. The number of rotatable bonds is 6. The van der Waals surface area contributed by atoms with Gasteiger partial charge in [-0.05, 0) is 12.1 Å². The third-order valence-electron chi connectivity index (χ3n) is 2.07. The van der Waals surface area contributed by atoms with Gasteiger partial charge in [0.05, 0.1) is 30.0 Å². The van der Waals surface area contributed by atoms with Gasteiger partial charge < -0.3 is 24.7 Å². The number of carbonyl (C=O) groups is 2. The standard InChI is InChI=1S/C8H6Cl2O3.C3H8NO5P/c1-13-7-5(10)3-2-4(9)6(7)8(11)12;5-3(6)1-4-2-10(7,8)9/h2-3H,1H3,(H,11,12);4H,1-2H2,(H,5,6)(H2,7,8,9). The normalized spacial score (nSPS) is 10.5. The van der Waals surface area contributed by atoms with Crippen LogP contribution in [0.25, 0.3) is 0 Å². The maximum Gasteiger partial charge on any atom is 0.341 e. The molecule has 9 nitrogen and oxygen atoms in total. The molecule has 12 heteroatoms. The van der Waals surface area contributed by atoms with Gasteiger partial charge in [0.15, 0.2) is 5.75 Å². The van der Waals surface area contributed by atoms with Crippen LogP contribution in [0.5, 0.6) is 5.75 Å². The SMILES string of the molecule is COc1c(Cl)ccc(Cl)c1C(=O)O.O=C(O)CNCP(=O)(O)O. The van der Waals surface area contributed by atoms with Crippen molar-refractivity contribution in [1.82, 2.24) is 5.32 Å². The summed E-state index contributed by atoms with van der Waals surface area (Å²) < 4.78 is 14.9. The van der Waals surface area contributed by atoms with Gasteiger partial charge >= 0.3 is 19.5 Å². The van der Waals surface area contributed by atoms with Crippen molar-refractivity contribution in [3.05, 3.63) is 27.7 Å². The highest BCUT2D eigenvalue weighted by Gasteiger charge is 2.18. The van der Waals surface area contributed by atoms with Gasteiger partial charge in [0.2, 0.25) is 0 Å². The predicted molar refractivity (Wildman–Crippen MR) is 82.5 cm³/mol. The molecule has 130 valence electrons. The average Bonchev–Trinajstić information content (AvgIpc) is 2.39. The van der Waals surface area contributed by atoms with Gasteiger partial charge in [-0.3, -0.25) is 14.7 Å². The molecule has 5 N–H and O–H groups in total. The van der Waals surface area contributed by atoms with Gasteiger partial charge in [-0.15, -0.1) is 0 Å². The van der Waals surface area contributed by atoms with E-state index in [9.17, 15) is 14.2 Å². The van der Waals surface area contributed by atoms with Crippen molar-refractivity contribution in [2.45, 2.75) is 0 Å². The van der Waals surface area contributed by atoms with E-state index >= 15 is 0 Å². The minimum absolute atomic E-state index is 0.0849. The van der Waals surface area contributed by atoms with E-state index in [1.165, 1.54) is 19.2 Å². The Balaban J connectivity index is 0.000000438. The van der Waals surface area contributed by atoms with Crippen molar-refractivity contribution < 1.29 is 38.9 Å². The fourth-order valence-electron chi connectivity index (χ4n) is 1.24. The summed E-state index contributed by atoms with van der Waals surface area (Å²) in [5.41, 5.74) is -0.114. The number of aliphatic carboxylic acids is 1. The van der Waals surface area contributed by atoms with Crippen LogP contribution in [0.1, 0.15) is 10.4 Å². The summed E-state index contributed by atoms with van der Waals surface area (Å²) in [6.45, 7) is -0.439. The molecule has 0 saturated carbocycles. The quantitative estimate of drug-likeness (QED) is 0.455. The molecule has 0 unspecified atom stereocenters. The van der Waals surface area contributed by atoms with Crippen molar-refractivity contribution in [1.29, 1.82) is 0 Å². The summed E-state index contributed by atoms with van der Waals surface area (Å²) in [5.74, 6) is -2.22. The lowest BCUT2D eigenvalue weighted by molar-refractivity contribution is -0.135. The van der Waals surface area contributed by atoms with Crippen molar-refractivity contribution in [3.8, 4) is 5.75 Å². The van der Waals surface area contributed by atoms with Crippen LogP contribution in [0.4, 0.5) is 0 Å². The van der Waals surface area contributed by atoms with Gasteiger partial charge in [0, 0.05) is 0 Å². The molecule has 0 fully saturated rings. The first-order chi connectivity index (χ1) is 10.5. The molecule has 1 aromatic rings. The zero-order valence-electron chi connectivity index (χ0n) is 11.7. The lowest BCUT2D eigenvalue weighted by Gasteiger charge is -2.07. The molecule has 1 aromatic carbocycles. The van der Waals surface area contributed by atoms with Crippen LogP contribution in [0, 0.1) is 0 Å². The Labute approximate surface area is 140 Å². The van der Waals surface area contributed by atoms with Crippen LogP contribution in [0.2, 0.25) is 10.0 Å². The number of hydrogen-bond donors (Lipinski definition) is 5. The number of nitrogens with one attached hydrogen (secondary N) is 1. The Bertz CT molecular complexity index is 618. The fraction of sp³-hybridized carbons (Fsp3) is 0.273. The molecular weight excluding hydrogens is 376 g/mol. The third kappa shape index (κ3) is 8.75. The zero-order valence-corrected chi connectivity index (χ0v) is 14.1. The van der Waals surface area contributed by atoms with Gasteiger partial charge in [-0.2, -0.15) is 0 Å². The topological polar surface area (TPSA) is 153 Å². The molecule has 0 aromatic heterocycles. The number of benzene rings is 1. The van der Waals surface area contributed by atoms with E-state index in [2.05, 4.69) is 5.32 Å². The molecular formula is C11H14Cl2NO8P. The number of ether oxygens (including phenoxy) is 1. The summed E-state index contributed by atoms with van der Waals surface area (Å²) in [7, 11) is -2.76. The third-order valence-corrected chi connectivity index (χ3v) is 3.32. The number of hydrogen-bond acceptors (Lipinski definition) is 5. The molecule has 0 aliphatic heterocycles. The van der Waals surface area contributed by atoms with E-state index in [1.54, 1.807) is 0 Å². The van der Waals surface area contributed by atoms with E-state index in [4.69, 9.17) is 47.9 Å². The molecule has 0 heterocycles. The number of carboxylic acid groups (broad SMARTS) is 2. The molecule has 0 saturated heterocycles. The van der Waals surface area contributed by atoms with Crippen LogP contribution in [0.3, 0.4) is 0 Å². The Morgan fingerprint density at radius 1 is 1.22 bits per heavy atom. The van der Waals surface area contributed by atoms with Gasteiger partial charge in [-0.25, -0.2) is 4.79 Å². The first kappa shape index (κ1) is 21.6. The second-order valence-corrected chi connectivity index (χ2v) is 6.35. The average molecular weight is 390 g/mol. The highest BCUT2D eigenvalue weighted by Crippen LogP contribution is 2.33. The van der Waals surface area contributed by atoms with E-state index in [0.717, 1.165) is 0 Å². The summed E-state index contributed by atoms with van der Waals surface area (Å²) >= 11 is 11.4. The van der Waals surface area contributed by atoms with E-state index in [0.29, 0.717) is 0 Å². The predicted octanol–water partition coefficient (Wildman–Crippen LogP) is 1.50. The zero-order chi connectivity index (χ0) is 18.2. The van der Waals surface area contributed by atoms with Gasteiger partial charge in [0.25, 0.3) is 0 Å². The van der Waals surface area contributed by atoms with Crippen molar-refractivity contribution >= 4 is 42.7 Å². The fourth-order valence-corrected chi connectivity index (χ4v) is 2.11. The molecule has 0 atom stereocenters. The number of halogens is 2. The first-order valence-corrected chi connectivity index (χ1v) is 8.27. The monoisotopic (exact) mass is 389 g/mol. The van der Waals surface area contributed by atoms with Crippen LogP contribution in [-0.2, 0) is 9.36 Å². The van der Waals surface area contributed by atoms with E-state index in [1.807, 2.05) is 0 Å². The number of aromatic carboxylic acids is 1. The molecule has 0 spiro atoms. The molecule has 0 radical (unpaired) electrons. The lowest BCUT2D eigenvalue weighted by atomic mass is 10.2. The van der Waals surface area contributed by atoms with Crippen LogP contribution < -0.4 is 10.1 Å². The van der Waals surface area contributed by atoms with Gasteiger partial charge in [-0.1, -0.05) is 23.2 Å². The van der Waals surface area contributed by atoms with Crippen molar-refractivity contribution in [2.75, 3.05) is 19.9 Å². The Hall–Kier alpha value is -1.35. The molecule has 0 aliphatic carbocycles. The second-order valence-electron chi connectivity index (χ2n) is 3.89. The largest absolute Gasteiger partial charge is 0.494 e. The van der Waals surface area contributed by atoms with Crippen LogP contribution in [-0.4, -0.2) is 51.9 Å². The number of carboxylic acids is 2. The van der Waals surface area contributed by atoms with Gasteiger partial charge in [0.1, 0.15) is 5.56 Å². The minimum atomic E-state index is -4.10. The lowest BCUT2D eigenvalue weighted by Crippen LogP contribution is -2.23. The molecule has 0 amide bonds. The van der Waals surface area contributed by atoms with Crippen LogP contribution in [0.15, 0.2) is 12.1 Å². The molecule has 1 rings (SSSR count). The summed E-state index contributed by atoms with van der Waals surface area (Å²) in [6.07, 6.45) is -0.598. The maximum absolute atomic E-state index is 10.7. The highest BCUT2D eigenvalue weighted by atomic mass is 35.5. The summed E-state index contributed by atoms with van der Waals surface area (Å²) in [5, 5.41) is 19.2. The van der Waals surface area contributed by atoms with Crippen molar-refractivity contribution in [3.63, 3.8) is 0 Å². The summed E-state index contributed by atoms with van der Waals surface area (Å²) in [4.78, 5) is 36.9. The first-order valence-electron chi connectivity index (χ1n) is 5.72. The minimum Gasteiger partial charge on any atom is -0.494 e. The second kappa shape index (κ2) is 9.71. The number of methoxy groups -OCH3 is 1. The Morgan fingerprint density at radius 2 is 1.74 bits per heavy atom. The van der Waals surface area contributed by atoms with Crippen LogP contribution >= 0.6 is 30.8 Å². The summed E-state index contributed by atoms with van der Waals surface area (Å²) in [6, 6.07) is 2.89. The molecule has 0 bridgehead atoms. The van der Waals surface area contributed by atoms with E-state index in [-0.39, 0.29) is 21.4 Å². The van der Waals surface area contributed by atoms with E-state index < -0.39 is 32.4 Å². The smallest absolute Gasteiger partial charge is 0.341 e. The molecule has 0 aliphatic rings.